The summed E-state index contributed by atoms with van der Waals surface area (Å²) in [6, 6.07) is 5.65. The number of amides is 1. The van der Waals surface area contributed by atoms with Crippen LogP contribution in [0.5, 0.6) is 0 Å². The molecule has 0 N–H and O–H groups in total. The van der Waals surface area contributed by atoms with Crippen LogP contribution in [-0.2, 0) is 4.79 Å². The number of carbonyl (C=O) groups is 2. The lowest BCUT2D eigenvalue weighted by Gasteiger charge is -2.33. The molecule has 0 bridgehead atoms. The Morgan fingerprint density at radius 2 is 1.86 bits per heavy atom. The van der Waals surface area contributed by atoms with Gasteiger partial charge in [0.1, 0.15) is 5.82 Å². The van der Waals surface area contributed by atoms with Crippen LogP contribution in [0.4, 0.5) is 4.39 Å². The van der Waals surface area contributed by atoms with Crippen molar-refractivity contribution in [3.63, 3.8) is 0 Å². The highest BCUT2D eigenvalue weighted by molar-refractivity contribution is 5.98. The van der Waals surface area contributed by atoms with Crippen LogP contribution in [0.2, 0.25) is 0 Å². The first kappa shape index (κ1) is 16.7. The largest absolute Gasteiger partial charge is 0.342 e. The van der Waals surface area contributed by atoms with Crippen LogP contribution < -0.4 is 0 Å². The molecule has 1 unspecified atom stereocenters. The maximum Gasteiger partial charge on any atom is 0.223 e. The standard InChI is InChI=1S/C18H24FNO2/c1-18(2,3)11-16(21)20-10-4-5-14(12-20)17(22)13-6-8-15(19)9-7-13/h6-9,14H,4-5,10-12H2,1-3H3. The van der Waals surface area contributed by atoms with Crippen LogP contribution in [0.15, 0.2) is 24.3 Å². The third kappa shape index (κ3) is 4.39. The first-order chi connectivity index (χ1) is 10.3. The molecule has 0 spiro atoms. The predicted molar refractivity (Wildman–Crippen MR) is 84.1 cm³/mol. The van der Waals surface area contributed by atoms with Crippen LogP contribution in [0.25, 0.3) is 0 Å². The molecule has 1 aromatic rings. The summed E-state index contributed by atoms with van der Waals surface area (Å²) in [5.41, 5.74) is 0.474. The summed E-state index contributed by atoms with van der Waals surface area (Å²) in [6.07, 6.45) is 2.12. The zero-order valence-corrected chi connectivity index (χ0v) is 13.6. The molecule has 1 fully saturated rings. The van der Waals surface area contributed by atoms with Gasteiger partial charge in [0.25, 0.3) is 0 Å². The molecule has 1 aliphatic heterocycles. The molecule has 1 saturated heterocycles. The molecule has 4 heteroatoms. The van der Waals surface area contributed by atoms with Crippen molar-refractivity contribution in [3.05, 3.63) is 35.6 Å². The first-order valence-electron chi connectivity index (χ1n) is 7.84. The minimum absolute atomic E-state index is 0.00765. The van der Waals surface area contributed by atoms with Crippen molar-refractivity contribution in [2.24, 2.45) is 11.3 Å². The minimum atomic E-state index is -0.345. The third-order valence-electron chi connectivity index (χ3n) is 3.96. The monoisotopic (exact) mass is 305 g/mol. The third-order valence-corrected chi connectivity index (χ3v) is 3.96. The van der Waals surface area contributed by atoms with Gasteiger partial charge in [-0.2, -0.15) is 0 Å². The zero-order valence-electron chi connectivity index (χ0n) is 13.6. The number of nitrogens with zero attached hydrogens (tertiary/aromatic N) is 1. The summed E-state index contributed by atoms with van der Waals surface area (Å²) in [6.45, 7) is 7.31. The molecule has 22 heavy (non-hydrogen) atoms. The van der Waals surface area contributed by atoms with Crippen LogP contribution in [-0.4, -0.2) is 29.7 Å². The Balaban J connectivity index is 2.02. The Labute approximate surface area is 131 Å². The first-order valence-corrected chi connectivity index (χ1v) is 7.84. The minimum Gasteiger partial charge on any atom is -0.342 e. The highest BCUT2D eigenvalue weighted by Crippen LogP contribution is 2.25. The summed E-state index contributed by atoms with van der Waals surface area (Å²) >= 11 is 0. The summed E-state index contributed by atoms with van der Waals surface area (Å²) in [5.74, 6) is -0.400. The Morgan fingerprint density at radius 3 is 2.45 bits per heavy atom. The normalized spacial score (nSPS) is 19.1. The van der Waals surface area contributed by atoms with Gasteiger partial charge in [-0.1, -0.05) is 20.8 Å². The smallest absolute Gasteiger partial charge is 0.223 e. The van der Waals surface area contributed by atoms with Crippen molar-refractivity contribution in [2.75, 3.05) is 13.1 Å². The summed E-state index contributed by atoms with van der Waals surface area (Å²) in [4.78, 5) is 26.6. The Bertz CT molecular complexity index is 545. The van der Waals surface area contributed by atoms with Crippen LogP contribution in [0.1, 0.15) is 50.4 Å². The van der Waals surface area contributed by atoms with Gasteiger partial charge < -0.3 is 4.90 Å². The van der Waals surface area contributed by atoms with E-state index in [0.717, 1.165) is 19.4 Å². The molecule has 120 valence electrons. The lowest BCUT2D eigenvalue weighted by Crippen LogP contribution is -2.43. The predicted octanol–water partition coefficient (Wildman–Crippen LogP) is 3.68. The van der Waals surface area contributed by atoms with Crippen LogP contribution in [0.3, 0.4) is 0 Å². The van der Waals surface area contributed by atoms with Crippen molar-refractivity contribution in [2.45, 2.75) is 40.0 Å². The van der Waals surface area contributed by atoms with Gasteiger partial charge in [-0.05, 0) is 42.5 Å². The molecule has 0 aliphatic carbocycles. The maximum absolute atomic E-state index is 13.0. The maximum atomic E-state index is 13.0. The van der Waals surface area contributed by atoms with Gasteiger partial charge in [-0.3, -0.25) is 9.59 Å². The lowest BCUT2D eigenvalue weighted by molar-refractivity contribution is -0.134. The lowest BCUT2D eigenvalue weighted by atomic mass is 9.88. The number of hydrogen-bond acceptors (Lipinski definition) is 2. The van der Waals surface area contributed by atoms with Gasteiger partial charge in [0.2, 0.25) is 5.91 Å². The van der Waals surface area contributed by atoms with E-state index in [2.05, 4.69) is 0 Å². The van der Waals surface area contributed by atoms with E-state index >= 15 is 0 Å². The molecular weight excluding hydrogens is 281 g/mol. The SMILES string of the molecule is CC(C)(C)CC(=O)N1CCCC(C(=O)c2ccc(F)cc2)C1. The van der Waals surface area contributed by atoms with E-state index in [1.165, 1.54) is 24.3 Å². The molecule has 0 aromatic heterocycles. The molecule has 0 saturated carbocycles. The molecule has 2 rings (SSSR count). The molecule has 3 nitrogen and oxygen atoms in total. The molecule has 1 atom stereocenters. The van der Waals surface area contributed by atoms with E-state index in [1.807, 2.05) is 20.8 Å². The van der Waals surface area contributed by atoms with E-state index in [1.54, 1.807) is 4.90 Å². The number of benzene rings is 1. The van der Waals surface area contributed by atoms with Gasteiger partial charge in [0, 0.05) is 31.0 Å². The number of hydrogen-bond donors (Lipinski definition) is 0. The molecule has 1 heterocycles. The highest BCUT2D eigenvalue weighted by atomic mass is 19.1. The number of rotatable bonds is 3. The van der Waals surface area contributed by atoms with E-state index in [-0.39, 0.29) is 28.8 Å². The van der Waals surface area contributed by atoms with Gasteiger partial charge in [-0.15, -0.1) is 0 Å². The Morgan fingerprint density at radius 1 is 1.23 bits per heavy atom. The number of halogens is 1. The van der Waals surface area contributed by atoms with Crippen molar-refractivity contribution in [3.8, 4) is 0 Å². The fourth-order valence-electron chi connectivity index (χ4n) is 2.83. The highest BCUT2D eigenvalue weighted by Gasteiger charge is 2.30. The van der Waals surface area contributed by atoms with Gasteiger partial charge in [-0.25, -0.2) is 4.39 Å². The second-order valence-corrected chi connectivity index (χ2v) is 7.29. The molecular formula is C18H24FNO2. The fraction of sp³-hybridized carbons (Fsp3) is 0.556. The average Bonchev–Trinajstić information content (AvgIpc) is 2.46. The van der Waals surface area contributed by atoms with E-state index in [4.69, 9.17) is 0 Å². The molecule has 0 radical (unpaired) electrons. The van der Waals surface area contributed by atoms with Gasteiger partial charge in [0.15, 0.2) is 5.78 Å². The van der Waals surface area contributed by atoms with E-state index in [0.29, 0.717) is 18.5 Å². The van der Waals surface area contributed by atoms with Crippen molar-refractivity contribution < 1.29 is 14.0 Å². The van der Waals surface area contributed by atoms with Crippen LogP contribution >= 0.6 is 0 Å². The Hall–Kier alpha value is -1.71. The topological polar surface area (TPSA) is 37.4 Å². The van der Waals surface area contributed by atoms with Crippen LogP contribution in [0, 0.1) is 17.2 Å². The molecule has 1 aromatic carbocycles. The summed E-state index contributed by atoms with van der Waals surface area (Å²) in [7, 11) is 0. The average molecular weight is 305 g/mol. The molecule has 1 aliphatic rings. The number of carbonyl (C=O) groups excluding carboxylic acids is 2. The van der Waals surface area contributed by atoms with Crippen molar-refractivity contribution in [1.29, 1.82) is 0 Å². The number of ketones is 1. The second kappa shape index (κ2) is 6.59. The summed E-state index contributed by atoms with van der Waals surface area (Å²) < 4.78 is 13.0. The van der Waals surface area contributed by atoms with E-state index in [9.17, 15) is 14.0 Å². The Kier molecular flexibility index (Phi) is 4.99. The number of piperidine rings is 1. The second-order valence-electron chi connectivity index (χ2n) is 7.29. The molecule has 1 amide bonds. The fourth-order valence-corrected chi connectivity index (χ4v) is 2.83. The van der Waals surface area contributed by atoms with Crippen molar-refractivity contribution >= 4 is 11.7 Å². The van der Waals surface area contributed by atoms with Gasteiger partial charge in [0.05, 0.1) is 0 Å². The summed E-state index contributed by atoms with van der Waals surface area (Å²) in [5, 5.41) is 0. The number of Topliss-reactive ketones (excluding diaryl/α,β-unsaturated/α-hetero) is 1. The van der Waals surface area contributed by atoms with Gasteiger partial charge >= 0.3 is 0 Å². The van der Waals surface area contributed by atoms with E-state index < -0.39 is 0 Å². The quantitative estimate of drug-likeness (QED) is 0.799. The number of likely N-dealkylation sites (tertiary alicyclic amines) is 1. The van der Waals surface area contributed by atoms with Crippen molar-refractivity contribution in [1.82, 2.24) is 4.90 Å². The zero-order chi connectivity index (χ0) is 16.3.